The van der Waals surface area contributed by atoms with Gasteiger partial charge in [-0.3, -0.25) is 29.4 Å². The van der Waals surface area contributed by atoms with Crippen molar-refractivity contribution in [2.45, 2.75) is 39.3 Å². The molecule has 0 saturated carbocycles. The van der Waals surface area contributed by atoms with Gasteiger partial charge in [-0.2, -0.15) is 0 Å². The Balaban J connectivity index is 0.000000408. The molecule has 77 heavy (non-hydrogen) atoms. The van der Waals surface area contributed by atoms with E-state index in [0.717, 1.165) is 73.4 Å². The molecule has 0 amide bonds. The van der Waals surface area contributed by atoms with E-state index in [1.54, 1.807) is 72.8 Å². The van der Waals surface area contributed by atoms with Gasteiger partial charge in [-0.1, -0.05) is 72.8 Å². The Morgan fingerprint density at radius 1 is 0.260 bits per heavy atom. The van der Waals surface area contributed by atoms with E-state index in [4.69, 9.17) is 46.4 Å². The molecule has 6 aromatic rings. The van der Waals surface area contributed by atoms with Gasteiger partial charge in [0.2, 0.25) is 0 Å². The van der Waals surface area contributed by atoms with Crippen molar-refractivity contribution in [1.29, 1.82) is 0 Å². The Labute approximate surface area is 469 Å². The second kappa shape index (κ2) is 36.2. The summed E-state index contributed by atoms with van der Waals surface area (Å²) in [5, 5.41) is 0.389. The first kappa shape index (κ1) is 69.0. The van der Waals surface area contributed by atoms with E-state index < -0.39 is 14.5 Å². The fourth-order valence-corrected chi connectivity index (χ4v) is 7.65. The number of benzene rings is 6. The third-order valence-corrected chi connectivity index (χ3v) is 10.3. The van der Waals surface area contributed by atoms with Gasteiger partial charge in [-0.05, 0) is 106 Å². The average Bonchev–Trinajstić information content (AvgIpc) is 3.33. The van der Waals surface area contributed by atoms with Crippen LogP contribution in [0, 0.1) is 34.9 Å². The zero-order chi connectivity index (χ0) is 56.3. The van der Waals surface area contributed by atoms with Gasteiger partial charge >= 0.3 is 31.6 Å². The molecule has 6 nitrogen and oxygen atoms in total. The standard InChI is InChI=1S/2C24H24F3N3.2CH2Cl2.2BF4.Cu/c2*25-22-7-1-19(2-8-22)13-28-16-29(14-20-3-9-23(26)10-4-20)18-30(17-28)15-21-5-11-24(27)12-6-21;2*2-1-3;2*2-1(3,4)5;/h2*1-12H,13-18H2;2*1H2;;;/q;;;;2*-1;+2. The van der Waals surface area contributed by atoms with Gasteiger partial charge in [0, 0.05) is 39.3 Å². The summed E-state index contributed by atoms with van der Waals surface area (Å²) in [6.45, 7) is 8.64. The molecule has 2 aliphatic heterocycles. The Hall–Kier alpha value is -4.09. The van der Waals surface area contributed by atoms with Gasteiger partial charge in [0.15, 0.2) is 0 Å². The summed E-state index contributed by atoms with van der Waals surface area (Å²) in [7, 11) is -12.0. The number of alkyl halides is 4. The van der Waals surface area contributed by atoms with Crippen molar-refractivity contribution in [3.05, 3.63) is 214 Å². The largest absolute Gasteiger partial charge is 2.00 e. The van der Waals surface area contributed by atoms with E-state index in [9.17, 15) is 60.9 Å². The zero-order valence-electron chi connectivity index (χ0n) is 40.7. The quantitative estimate of drug-likeness (QED) is 0.0686. The Morgan fingerprint density at radius 2 is 0.351 bits per heavy atom. The van der Waals surface area contributed by atoms with Crippen LogP contribution in [-0.4, -0.2) is 94.6 Å². The minimum Gasteiger partial charge on any atom is -0.418 e. The maximum Gasteiger partial charge on any atom is 2.00 e. The molecule has 0 unspecified atom stereocenters. The number of hydrogen-bond donors (Lipinski definition) is 0. The summed E-state index contributed by atoms with van der Waals surface area (Å²) in [5.41, 5.74) is 6.26. The zero-order valence-corrected chi connectivity index (χ0v) is 44.7. The van der Waals surface area contributed by atoms with E-state index >= 15 is 0 Å². The molecule has 27 heteroatoms. The smallest absolute Gasteiger partial charge is 0.418 e. The molecule has 2 fully saturated rings. The molecule has 425 valence electrons. The molecule has 0 aliphatic carbocycles. The molecular weight excluding hydrogens is 1180 g/mol. The van der Waals surface area contributed by atoms with E-state index in [1.165, 1.54) is 72.8 Å². The predicted octanol–water partition coefficient (Wildman–Crippen LogP) is 15.0. The summed E-state index contributed by atoms with van der Waals surface area (Å²) >= 11 is 19.1. The maximum atomic E-state index is 13.2. The second-order valence-corrected chi connectivity index (χ2v) is 18.4. The molecule has 2 heterocycles. The normalized spacial score (nSPS) is 14.6. The first-order valence-corrected chi connectivity index (χ1v) is 24.8. The molecule has 6 aromatic carbocycles. The van der Waals surface area contributed by atoms with Crippen LogP contribution in [0.25, 0.3) is 0 Å². The summed E-state index contributed by atoms with van der Waals surface area (Å²) < 4.78 is 157. The van der Waals surface area contributed by atoms with Crippen LogP contribution in [0.4, 0.5) is 60.9 Å². The first-order chi connectivity index (χ1) is 35.9. The third kappa shape index (κ3) is 32.5. The van der Waals surface area contributed by atoms with Crippen LogP contribution in [0.15, 0.2) is 146 Å². The van der Waals surface area contributed by atoms with Crippen LogP contribution in [-0.2, 0) is 56.3 Å². The van der Waals surface area contributed by atoms with Crippen LogP contribution in [0.3, 0.4) is 0 Å². The number of halogens is 18. The van der Waals surface area contributed by atoms with E-state index in [0.29, 0.717) is 39.3 Å². The monoisotopic (exact) mass is 1230 g/mol. The SMILES string of the molecule is ClCCl.ClCCl.F[B-](F)(F)F.F[B-](F)(F)F.Fc1ccc(CN2CN(Cc3ccc(F)cc3)CN(Cc3ccc(F)cc3)C2)cc1.Fc1ccc(CN2CN(Cc3ccc(F)cc3)CN(Cc3ccc(F)cc3)C2)cc1.[Cu+2]. The Bertz CT molecular complexity index is 2050. The first-order valence-electron chi connectivity index (χ1n) is 22.7. The van der Waals surface area contributed by atoms with Gasteiger partial charge in [-0.15, -0.1) is 46.4 Å². The van der Waals surface area contributed by atoms with Crippen molar-refractivity contribution in [3.8, 4) is 0 Å². The predicted molar refractivity (Wildman–Crippen MR) is 274 cm³/mol. The van der Waals surface area contributed by atoms with Crippen LogP contribution >= 0.6 is 46.4 Å². The molecule has 0 spiro atoms. The van der Waals surface area contributed by atoms with Gasteiger partial charge in [-0.25, -0.2) is 26.3 Å². The molecule has 0 N–H and O–H groups in total. The Morgan fingerprint density at radius 3 is 0.442 bits per heavy atom. The summed E-state index contributed by atoms with van der Waals surface area (Å²) in [5.74, 6) is -1.45. The van der Waals surface area contributed by atoms with Crippen molar-refractivity contribution < 1.29 is 77.9 Å². The van der Waals surface area contributed by atoms with Crippen LogP contribution < -0.4 is 0 Å². The van der Waals surface area contributed by atoms with Gasteiger partial charge < -0.3 is 34.5 Å². The Kier molecular flexibility index (Phi) is 32.5. The topological polar surface area (TPSA) is 19.4 Å². The van der Waals surface area contributed by atoms with Gasteiger partial charge in [0.1, 0.15) is 34.9 Å². The van der Waals surface area contributed by atoms with E-state index in [-0.39, 0.29) is 62.7 Å². The van der Waals surface area contributed by atoms with E-state index in [1.807, 2.05) is 0 Å². The summed E-state index contributed by atoms with van der Waals surface area (Å²) in [4.78, 5) is 13.7. The van der Waals surface area contributed by atoms with Crippen molar-refractivity contribution in [3.63, 3.8) is 0 Å². The maximum absolute atomic E-state index is 13.2. The molecule has 8 rings (SSSR count). The van der Waals surface area contributed by atoms with E-state index in [2.05, 4.69) is 29.4 Å². The van der Waals surface area contributed by atoms with Crippen LogP contribution in [0.1, 0.15) is 33.4 Å². The number of hydrogen-bond acceptors (Lipinski definition) is 6. The number of nitrogens with zero attached hydrogens (tertiary/aromatic N) is 6. The number of rotatable bonds is 12. The fourth-order valence-electron chi connectivity index (χ4n) is 7.65. The van der Waals surface area contributed by atoms with Gasteiger partial charge in [0.05, 0.1) is 50.7 Å². The van der Waals surface area contributed by atoms with Crippen LogP contribution in [0.5, 0.6) is 0 Å². The second-order valence-electron chi connectivity index (χ2n) is 16.8. The van der Waals surface area contributed by atoms with Crippen molar-refractivity contribution in [2.75, 3.05) is 50.7 Å². The third-order valence-electron chi connectivity index (χ3n) is 10.3. The molecule has 2 aliphatic rings. The average molecular weight is 1230 g/mol. The van der Waals surface area contributed by atoms with Crippen molar-refractivity contribution in [1.82, 2.24) is 29.4 Å². The minimum absolute atomic E-state index is 0. The molecule has 2 saturated heterocycles. The van der Waals surface area contributed by atoms with Crippen molar-refractivity contribution in [2.24, 2.45) is 0 Å². The fraction of sp³-hybridized carbons (Fsp3) is 0.280. The van der Waals surface area contributed by atoms with Crippen LogP contribution in [0.2, 0.25) is 0 Å². The van der Waals surface area contributed by atoms with Crippen molar-refractivity contribution >= 4 is 60.9 Å². The van der Waals surface area contributed by atoms with Gasteiger partial charge in [0.25, 0.3) is 0 Å². The molecular formula is C50H52B2Cl4CuF14N6. The summed E-state index contributed by atoms with van der Waals surface area (Å²) in [6, 6.07) is 39.4. The molecule has 0 atom stereocenters. The summed E-state index contributed by atoms with van der Waals surface area (Å²) in [6.07, 6.45) is 0. The minimum atomic E-state index is -6.00. The molecule has 1 radical (unpaired) electrons. The molecule has 0 bridgehead atoms. The molecule has 0 aromatic heterocycles.